The van der Waals surface area contributed by atoms with Gasteiger partial charge in [0, 0.05) is 0 Å². The molecule has 48 heavy (non-hydrogen) atoms. The predicted octanol–water partition coefficient (Wildman–Crippen LogP) is 7.90. The summed E-state index contributed by atoms with van der Waals surface area (Å²) in [5.41, 5.74) is -1.72. The van der Waals surface area contributed by atoms with Crippen molar-refractivity contribution in [2.24, 2.45) is 0 Å². The Bertz CT molecular complexity index is 1350. The third-order valence-electron chi connectivity index (χ3n) is 8.46. The van der Waals surface area contributed by atoms with E-state index in [2.05, 4.69) is 0 Å². The van der Waals surface area contributed by atoms with Crippen LogP contribution in [-0.4, -0.2) is 66.5 Å². The van der Waals surface area contributed by atoms with E-state index >= 15 is 0 Å². The lowest BCUT2D eigenvalue weighted by molar-refractivity contribution is 0.0647. The van der Waals surface area contributed by atoms with Gasteiger partial charge < -0.3 is 30.6 Å². The van der Waals surface area contributed by atoms with Gasteiger partial charge >= 0.3 is 35.8 Å². The van der Waals surface area contributed by atoms with Crippen LogP contribution in [-0.2, 0) is 12.8 Å². The number of aromatic carboxylic acids is 6. The molecule has 0 aliphatic rings. The zero-order valence-corrected chi connectivity index (χ0v) is 27.2. The van der Waals surface area contributed by atoms with Crippen LogP contribution in [0, 0.1) is 0 Å². The monoisotopic (exact) mass is 670 g/mol. The Kier molecular flexibility index (Phi) is 16.8. The van der Waals surface area contributed by atoms with Gasteiger partial charge in [-0.15, -0.1) is 0 Å². The van der Waals surface area contributed by atoms with Crippen molar-refractivity contribution in [3.63, 3.8) is 0 Å². The van der Waals surface area contributed by atoms with E-state index in [-0.39, 0.29) is 33.4 Å². The number of rotatable bonds is 25. The van der Waals surface area contributed by atoms with Crippen LogP contribution >= 0.6 is 0 Å². The zero-order valence-electron chi connectivity index (χ0n) is 27.2. The van der Waals surface area contributed by atoms with Gasteiger partial charge in [-0.1, -0.05) is 89.9 Å². The summed E-state index contributed by atoms with van der Waals surface area (Å²) < 4.78 is 0. The van der Waals surface area contributed by atoms with Gasteiger partial charge in [-0.25, -0.2) is 28.8 Å². The largest absolute Gasteiger partial charge is 0.478 e. The van der Waals surface area contributed by atoms with Crippen LogP contribution in [0.15, 0.2) is 24.3 Å². The molecule has 262 valence electrons. The Morgan fingerprint density at radius 1 is 0.333 bits per heavy atom. The Morgan fingerprint density at radius 2 is 0.583 bits per heavy atom. The van der Waals surface area contributed by atoms with Crippen LogP contribution in [0.5, 0.6) is 0 Å². The highest BCUT2D eigenvalue weighted by Gasteiger charge is 2.24. The van der Waals surface area contributed by atoms with Gasteiger partial charge in [0.2, 0.25) is 0 Å². The lowest BCUT2D eigenvalue weighted by Crippen LogP contribution is -2.14. The Labute approximate surface area is 279 Å². The van der Waals surface area contributed by atoms with Crippen molar-refractivity contribution in [3.8, 4) is 0 Å². The third-order valence-corrected chi connectivity index (χ3v) is 8.46. The van der Waals surface area contributed by atoms with Gasteiger partial charge in [0.1, 0.15) is 0 Å². The molecule has 0 heterocycles. The van der Waals surface area contributed by atoms with Crippen LogP contribution in [0.1, 0.15) is 176 Å². The van der Waals surface area contributed by atoms with Gasteiger partial charge in [-0.2, -0.15) is 0 Å². The molecule has 12 nitrogen and oxygen atoms in total. The minimum atomic E-state index is -1.47. The Hall–Kier alpha value is -4.74. The summed E-state index contributed by atoms with van der Waals surface area (Å²) in [6, 6.07) is 4.29. The van der Waals surface area contributed by atoms with Gasteiger partial charge in [0.05, 0.1) is 33.4 Å². The number of carboxylic acid groups (broad SMARTS) is 6. The molecule has 0 saturated carbocycles. The number of unbranched alkanes of at least 4 members (excludes halogenated alkanes) is 15. The molecule has 0 atom stereocenters. The van der Waals surface area contributed by atoms with Crippen LogP contribution in [0.3, 0.4) is 0 Å². The lowest BCUT2D eigenvalue weighted by atomic mass is 9.93. The number of aryl methyl sites for hydroxylation is 2. The molecule has 2 aromatic rings. The molecule has 2 aromatic carbocycles. The summed E-state index contributed by atoms with van der Waals surface area (Å²) in [6.07, 6.45) is 16.7. The van der Waals surface area contributed by atoms with Crippen LogP contribution in [0.25, 0.3) is 0 Å². The highest BCUT2D eigenvalue weighted by molar-refractivity contribution is 6.06. The van der Waals surface area contributed by atoms with Crippen LogP contribution in [0.2, 0.25) is 0 Å². The maximum atomic E-state index is 11.7. The molecule has 0 radical (unpaired) electrons. The summed E-state index contributed by atoms with van der Waals surface area (Å²) in [7, 11) is 0. The van der Waals surface area contributed by atoms with E-state index < -0.39 is 46.9 Å². The van der Waals surface area contributed by atoms with E-state index in [4.69, 9.17) is 0 Å². The molecule has 6 N–H and O–H groups in total. The molecular weight excluding hydrogens is 624 g/mol. The minimum absolute atomic E-state index is 0.231. The fourth-order valence-electron chi connectivity index (χ4n) is 5.99. The number of carboxylic acids is 6. The summed E-state index contributed by atoms with van der Waals surface area (Å²) in [5.74, 6) is -8.30. The smallest absolute Gasteiger partial charge is 0.336 e. The minimum Gasteiger partial charge on any atom is -0.478 e. The quantitative estimate of drug-likeness (QED) is 0.0554. The highest BCUT2D eigenvalue weighted by atomic mass is 16.4. The van der Waals surface area contributed by atoms with Gasteiger partial charge in [-0.05, 0) is 61.1 Å². The summed E-state index contributed by atoms with van der Waals surface area (Å²) in [5, 5.41) is 56.3. The first-order valence-electron chi connectivity index (χ1n) is 16.6. The Balaban J connectivity index is 1.54. The molecule has 0 aromatic heterocycles. The summed E-state index contributed by atoms with van der Waals surface area (Å²) >= 11 is 0. The fraction of sp³-hybridized carbons (Fsp3) is 0.500. The summed E-state index contributed by atoms with van der Waals surface area (Å²) in [6.45, 7) is 0. The fourth-order valence-corrected chi connectivity index (χ4v) is 5.99. The van der Waals surface area contributed by atoms with Crippen molar-refractivity contribution >= 4 is 35.8 Å². The van der Waals surface area contributed by atoms with E-state index in [1.165, 1.54) is 25.0 Å². The molecule has 12 heteroatoms. The van der Waals surface area contributed by atoms with Crippen molar-refractivity contribution in [2.45, 2.75) is 116 Å². The Morgan fingerprint density at radius 3 is 0.792 bits per heavy atom. The number of hydrogen-bond donors (Lipinski definition) is 6. The van der Waals surface area contributed by atoms with E-state index in [0.717, 1.165) is 89.2 Å². The van der Waals surface area contributed by atoms with Crippen LogP contribution < -0.4 is 0 Å². The number of benzene rings is 2. The second-order valence-corrected chi connectivity index (χ2v) is 12.1. The van der Waals surface area contributed by atoms with Crippen molar-refractivity contribution < 1.29 is 59.4 Å². The van der Waals surface area contributed by atoms with Crippen LogP contribution in [0.4, 0.5) is 0 Å². The molecule has 0 fully saturated rings. The standard InChI is InChI=1S/C36H46O12/c37-31(38)25-19-23(29(35(45)46)27(21-25)33(41)42)17-15-13-11-9-7-5-3-1-2-4-6-8-10-12-14-16-18-24-20-26(32(39)40)22-28(34(43)44)30(24)36(47)48/h19-22H,1-18H2,(H,37,38)(H,39,40)(H,41,42)(H,43,44)(H,45,46)(H,47,48). The zero-order chi connectivity index (χ0) is 35.6. The number of hydrogen-bond acceptors (Lipinski definition) is 6. The van der Waals surface area contributed by atoms with Crippen molar-refractivity contribution in [2.75, 3.05) is 0 Å². The molecule has 0 unspecified atom stereocenters. The highest BCUT2D eigenvalue weighted by Crippen LogP contribution is 2.23. The molecule has 2 rings (SSSR count). The van der Waals surface area contributed by atoms with E-state index in [9.17, 15) is 59.4 Å². The van der Waals surface area contributed by atoms with Crippen molar-refractivity contribution in [3.05, 3.63) is 68.8 Å². The van der Waals surface area contributed by atoms with E-state index in [1.807, 2.05) is 0 Å². The van der Waals surface area contributed by atoms with Crippen molar-refractivity contribution in [1.82, 2.24) is 0 Å². The molecule has 0 aliphatic heterocycles. The molecule has 0 spiro atoms. The maximum Gasteiger partial charge on any atom is 0.336 e. The first kappa shape index (κ1) is 39.4. The van der Waals surface area contributed by atoms with E-state index in [1.54, 1.807) is 0 Å². The molecule has 0 aliphatic carbocycles. The van der Waals surface area contributed by atoms with Gasteiger partial charge in [-0.3, -0.25) is 0 Å². The number of carbonyl (C=O) groups is 6. The second-order valence-electron chi connectivity index (χ2n) is 12.1. The maximum absolute atomic E-state index is 11.7. The molecule has 0 bridgehead atoms. The summed E-state index contributed by atoms with van der Waals surface area (Å²) in [4.78, 5) is 69.1. The SMILES string of the molecule is O=C(O)c1cc(CCCCCCCCCCCCCCCCCCc2cc(C(=O)O)cc(C(=O)O)c2C(=O)O)c(C(=O)O)c(C(=O)O)c1. The predicted molar refractivity (Wildman–Crippen MR) is 176 cm³/mol. The average Bonchev–Trinajstić information content (AvgIpc) is 3.02. The molecular formula is C36H46O12. The lowest BCUT2D eigenvalue weighted by Gasteiger charge is -2.11. The average molecular weight is 671 g/mol. The van der Waals surface area contributed by atoms with Gasteiger partial charge in [0.15, 0.2) is 0 Å². The molecule has 0 saturated heterocycles. The first-order valence-corrected chi connectivity index (χ1v) is 16.6. The van der Waals surface area contributed by atoms with Crippen molar-refractivity contribution in [1.29, 1.82) is 0 Å². The normalized spacial score (nSPS) is 10.9. The topological polar surface area (TPSA) is 224 Å². The van der Waals surface area contributed by atoms with E-state index in [0.29, 0.717) is 25.7 Å². The second kappa shape index (κ2) is 20.5. The first-order chi connectivity index (χ1) is 22.8. The molecule has 0 amide bonds. The van der Waals surface area contributed by atoms with Gasteiger partial charge in [0.25, 0.3) is 0 Å². The third kappa shape index (κ3) is 12.8.